The number of nitrogens with one attached hydrogen (secondary N) is 1. The third-order valence-corrected chi connectivity index (χ3v) is 4.33. The second kappa shape index (κ2) is 8.88. The van der Waals surface area contributed by atoms with E-state index in [1.807, 2.05) is 6.92 Å². The number of carboxylic acids is 1. The van der Waals surface area contributed by atoms with Crippen LogP contribution in [0.3, 0.4) is 0 Å². The van der Waals surface area contributed by atoms with E-state index in [2.05, 4.69) is 10.3 Å². The molecule has 0 aliphatic heterocycles. The Hall–Kier alpha value is -3.29. The Bertz CT molecular complexity index is 853. The van der Waals surface area contributed by atoms with Gasteiger partial charge in [-0.25, -0.2) is 4.79 Å². The summed E-state index contributed by atoms with van der Waals surface area (Å²) in [6, 6.07) is 9.18. The van der Waals surface area contributed by atoms with E-state index in [9.17, 15) is 19.7 Å². The molecule has 2 atom stereocenters. The van der Waals surface area contributed by atoms with Gasteiger partial charge in [0.1, 0.15) is 0 Å². The Morgan fingerprint density at radius 2 is 1.96 bits per heavy atom. The zero-order valence-corrected chi connectivity index (χ0v) is 15.1. The van der Waals surface area contributed by atoms with Crippen LogP contribution in [0.15, 0.2) is 42.6 Å². The molecule has 1 unspecified atom stereocenters. The number of carbonyl (C=O) groups excluding carboxylic acids is 1. The van der Waals surface area contributed by atoms with Crippen molar-refractivity contribution < 1.29 is 19.6 Å². The molecule has 0 aliphatic rings. The first-order valence-corrected chi connectivity index (χ1v) is 8.48. The van der Waals surface area contributed by atoms with Crippen LogP contribution in [0.4, 0.5) is 5.69 Å². The number of benzene rings is 1. The lowest BCUT2D eigenvalue weighted by atomic mass is 9.93. The molecule has 2 rings (SSSR count). The number of hydrogen-bond donors (Lipinski definition) is 2. The molecular weight excluding hydrogens is 350 g/mol. The molecule has 142 valence electrons. The number of hydrogen-bond acceptors (Lipinski definition) is 5. The molecule has 1 aromatic heterocycles. The van der Waals surface area contributed by atoms with Gasteiger partial charge in [0.15, 0.2) is 0 Å². The minimum Gasteiger partial charge on any atom is -0.478 e. The van der Waals surface area contributed by atoms with E-state index in [1.54, 1.807) is 25.1 Å². The van der Waals surface area contributed by atoms with E-state index < -0.39 is 10.9 Å². The molecule has 1 heterocycles. The molecule has 1 aromatic carbocycles. The number of amides is 1. The summed E-state index contributed by atoms with van der Waals surface area (Å²) in [7, 11) is 0. The molecule has 0 aliphatic carbocycles. The number of aromatic nitrogens is 1. The van der Waals surface area contributed by atoms with Crippen LogP contribution in [0.25, 0.3) is 0 Å². The van der Waals surface area contributed by atoms with E-state index in [4.69, 9.17) is 5.11 Å². The third-order valence-electron chi connectivity index (χ3n) is 4.33. The van der Waals surface area contributed by atoms with E-state index in [0.717, 1.165) is 0 Å². The lowest BCUT2D eigenvalue weighted by Gasteiger charge is -2.17. The zero-order chi connectivity index (χ0) is 20.0. The van der Waals surface area contributed by atoms with Crippen molar-refractivity contribution in [3.63, 3.8) is 0 Å². The molecule has 2 N–H and O–H groups in total. The van der Waals surface area contributed by atoms with E-state index in [0.29, 0.717) is 17.7 Å². The van der Waals surface area contributed by atoms with Crippen LogP contribution in [0.1, 0.15) is 47.8 Å². The highest BCUT2D eigenvalue weighted by Crippen LogP contribution is 2.23. The molecule has 0 saturated heterocycles. The van der Waals surface area contributed by atoms with Crippen LogP contribution >= 0.6 is 0 Å². The molecule has 0 bridgehead atoms. The normalized spacial score (nSPS) is 12.8. The van der Waals surface area contributed by atoms with Crippen molar-refractivity contribution in [1.29, 1.82) is 0 Å². The summed E-state index contributed by atoms with van der Waals surface area (Å²) in [5.41, 5.74) is 1.16. The fraction of sp³-hybridized carbons (Fsp3) is 0.316. The monoisotopic (exact) mass is 371 g/mol. The molecule has 0 radical (unpaired) electrons. The topological polar surface area (TPSA) is 122 Å². The van der Waals surface area contributed by atoms with Crippen LogP contribution in [0.5, 0.6) is 0 Å². The van der Waals surface area contributed by atoms with Crippen LogP contribution in [0.2, 0.25) is 0 Å². The number of pyridine rings is 1. The number of carbonyl (C=O) groups is 2. The minimum atomic E-state index is -1.03. The minimum absolute atomic E-state index is 0.0338. The molecule has 8 heteroatoms. The number of nitro benzene ring substituents is 1. The Balaban J connectivity index is 1.97. The quantitative estimate of drug-likeness (QED) is 0.543. The number of para-hydroxylation sites is 1. The summed E-state index contributed by atoms with van der Waals surface area (Å²) in [6.07, 6.45) is 1.91. The van der Waals surface area contributed by atoms with Crippen LogP contribution in [-0.2, 0) is 11.3 Å². The molecule has 0 saturated carbocycles. The van der Waals surface area contributed by atoms with Gasteiger partial charge < -0.3 is 10.4 Å². The maximum atomic E-state index is 12.3. The maximum Gasteiger partial charge on any atom is 0.335 e. The molecule has 1 amide bonds. The second-order valence-corrected chi connectivity index (χ2v) is 6.42. The fourth-order valence-electron chi connectivity index (χ4n) is 2.80. The Morgan fingerprint density at radius 1 is 1.26 bits per heavy atom. The predicted molar refractivity (Wildman–Crippen MR) is 98.3 cm³/mol. The van der Waals surface area contributed by atoms with Gasteiger partial charge in [-0.15, -0.1) is 0 Å². The first-order valence-electron chi connectivity index (χ1n) is 8.48. The van der Waals surface area contributed by atoms with Crippen LogP contribution in [-0.4, -0.2) is 26.9 Å². The van der Waals surface area contributed by atoms with Gasteiger partial charge in [0.25, 0.3) is 5.69 Å². The van der Waals surface area contributed by atoms with Crippen LogP contribution in [0, 0.1) is 16.0 Å². The Morgan fingerprint density at radius 3 is 2.63 bits per heavy atom. The summed E-state index contributed by atoms with van der Waals surface area (Å²) in [6.45, 7) is 3.70. The van der Waals surface area contributed by atoms with Crippen molar-refractivity contribution in [2.75, 3.05) is 0 Å². The van der Waals surface area contributed by atoms with Crippen LogP contribution < -0.4 is 5.32 Å². The van der Waals surface area contributed by atoms with E-state index >= 15 is 0 Å². The van der Waals surface area contributed by atoms with Gasteiger partial charge in [0, 0.05) is 36.0 Å². The van der Waals surface area contributed by atoms with Gasteiger partial charge in [-0.2, -0.15) is 0 Å². The van der Waals surface area contributed by atoms with Gasteiger partial charge in [-0.1, -0.05) is 32.0 Å². The van der Waals surface area contributed by atoms with Gasteiger partial charge in [-0.05, 0) is 24.5 Å². The van der Waals surface area contributed by atoms with Crippen molar-refractivity contribution in [2.24, 2.45) is 5.92 Å². The highest BCUT2D eigenvalue weighted by atomic mass is 16.6. The molecule has 0 fully saturated rings. The van der Waals surface area contributed by atoms with Crippen molar-refractivity contribution in [2.45, 2.75) is 32.7 Å². The summed E-state index contributed by atoms with van der Waals surface area (Å²) in [5, 5.41) is 22.8. The smallest absolute Gasteiger partial charge is 0.335 e. The molecule has 2 aromatic rings. The first kappa shape index (κ1) is 20.0. The highest BCUT2D eigenvalue weighted by molar-refractivity contribution is 5.87. The van der Waals surface area contributed by atoms with Crippen molar-refractivity contribution >= 4 is 17.6 Å². The van der Waals surface area contributed by atoms with Gasteiger partial charge in [0.05, 0.1) is 10.5 Å². The molecule has 27 heavy (non-hydrogen) atoms. The SMILES string of the molecule is CC(C[C@@H](C)C(=O)NCc1ccccc1[N+](=O)[O-])c1cc(C(=O)O)ccn1. The Kier molecular flexibility index (Phi) is 6.59. The van der Waals surface area contributed by atoms with Gasteiger partial charge >= 0.3 is 5.97 Å². The first-order chi connectivity index (χ1) is 12.8. The van der Waals surface area contributed by atoms with Crippen molar-refractivity contribution in [3.05, 3.63) is 69.5 Å². The van der Waals surface area contributed by atoms with Gasteiger partial charge in [0.2, 0.25) is 5.91 Å². The largest absolute Gasteiger partial charge is 0.478 e. The van der Waals surface area contributed by atoms with Crippen molar-refractivity contribution in [1.82, 2.24) is 10.3 Å². The van der Waals surface area contributed by atoms with Crippen molar-refractivity contribution in [3.8, 4) is 0 Å². The molecule has 8 nitrogen and oxygen atoms in total. The lowest BCUT2D eigenvalue weighted by molar-refractivity contribution is -0.385. The fourth-order valence-corrected chi connectivity index (χ4v) is 2.80. The molecular formula is C19H21N3O5. The number of aromatic carboxylic acids is 1. The number of nitrogens with zero attached hydrogens (tertiary/aromatic N) is 2. The number of carboxylic acid groups (broad SMARTS) is 1. The standard InChI is InChI=1S/C19H21N3O5/c1-12(16-10-14(19(24)25)7-8-20-16)9-13(2)18(23)21-11-15-5-3-4-6-17(15)22(26)27/h3-8,10,12-13H,9,11H2,1-2H3,(H,21,23)(H,24,25)/t12?,13-/m1/s1. The number of nitro groups is 1. The highest BCUT2D eigenvalue weighted by Gasteiger charge is 2.20. The summed E-state index contributed by atoms with van der Waals surface area (Å²) in [4.78, 5) is 38.1. The summed E-state index contributed by atoms with van der Waals surface area (Å²) >= 11 is 0. The van der Waals surface area contributed by atoms with Gasteiger partial charge in [-0.3, -0.25) is 19.9 Å². The van der Waals surface area contributed by atoms with E-state index in [1.165, 1.54) is 24.4 Å². The summed E-state index contributed by atoms with van der Waals surface area (Å²) < 4.78 is 0. The zero-order valence-electron chi connectivity index (χ0n) is 15.1. The average Bonchev–Trinajstić information content (AvgIpc) is 2.66. The molecule has 0 spiro atoms. The second-order valence-electron chi connectivity index (χ2n) is 6.42. The Labute approximate surface area is 156 Å². The maximum absolute atomic E-state index is 12.3. The third kappa shape index (κ3) is 5.34. The summed E-state index contributed by atoms with van der Waals surface area (Å²) in [5.74, 6) is -1.73. The van der Waals surface area contributed by atoms with E-state index in [-0.39, 0.29) is 35.5 Å². The average molecular weight is 371 g/mol. The lowest BCUT2D eigenvalue weighted by Crippen LogP contribution is -2.29. The predicted octanol–water partition coefficient (Wildman–Crippen LogP) is 3.13. The number of rotatable bonds is 8.